The summed E-state index contributed by atoms with van der Waals surface area (Å²) >= 11 is 0. The Balaban J connectivity index is 1.39. The van der Waals surface area contributed by atoms with Crippen molar-refractivity contribution in [2.75, 3.05) is 11.9 Å². The van der Waals surface area contributed by atoms with Gasteiger partial charge < -0.3 is 0 Å². The number of carbonyl (C=O) groups excluding carboxylic acids is 3. The van der Waals surface area contributed by atoms with Crippen molar-refractivity contribution < 1.29 is 14.4 Å². The minimum atomic E-state index is -0.237. The van der Waals surface area contributed by atoms with Crippen LogP contribution in [-0.4, -0.2) is 44.3 Å². The highest BCUT2D eigenvalue weighted by molar-refractivity contribution is 6.21. The van der Waals surface area contributed by atoms with E-state index >= 15 is 0 Å². The lowest BCUT2D eigenvalue weighted by molar-refractivity contribution is -0.116. The number of hydrogen-bond acceptors (Lipinski definition) is 5. The molecule has 0 atom stereocenters. The van der Waals surface area contributed by atoms with Gasteiger partial charge >= 0.3 is 0 Å². The van der Waals surface area contributed by atoms with E-state index in [0.29, 0.717) is 42.9 Å². The number of nitrogens with zero attached hydrogens (tertiary/aromatic N) is 3. The lowest BCUT2D eigenvalue weighted by Gasteiger charge is -2.13. The van der Waals surface area contributed by atoms with Gasteiger partial charge in [0.05, 0.1) is 11.1 Å². The maximum atomic E-state index is 12.2. The summed E-state index contributed by atoms with van der Waals surface area (Å²) in [5.74, 6) is -0.296. The predicted octanol–water partition coefficient (Wildman–Crippen LogP) is 1.60. The molecule has 1 aliphatic heterocycles. The molecule has 3 amide bonds. The van der Waals surface area contributed by atoms with E-state index in [1.807, 2.05) is 0 Å². The number of anilines is 1. The summed E-state index contributed by atoms with van der Waals surface area (Å²) in [6.45, 7) is 0.371. The van der Waals surface area contributed by atoms with Crippen LogP contribution in [0.15, 0.2) is 30.6 Å². The molecule has 0 unspecified atom stereocenters. The van der Waals surface area contributed by atoms with Gasteiger partial charge in [-0.05, 0) is 25.0 Å². The summed E-state index contributed by atoms with van der Waals surface area (Å²) in [5.41, 5.74) is 0.933. The average Bonchev–Trinajstić information content (AvgIpc) is 3.17. The molecule has 3 rings (SSSR count). The molecule has 2 N–H and O–H groups in total. The number of amides is 3. The van der Waals surface area contributed by atoms with E-state index in [2.05, 4.69) is 20.5 Å². The van der Waals surface area contributed by atoms with Gasteiger partial charge in [-0.25, -0.2) is 5.10 Å². The summed E-state index contributed by atoms with van der Waals surface area (Å²) in [7, 11) is 0. The number of carbonyl (C=O) groups is 3. The van der Waals surface area contributed by atoms with Crippen LogP contribution >= 0.6 is 0 Å². The average molecular weight is 327 g/mol. The van der Waals surface area contributed by atoms with Gasteiger partial charge in [-0.2, -0.15) is 10.1 Å². The van der Waals surface area contributed by atoms with Crippen molar-refractivity contribution in [1.29, 1.82) is 0 Å². The predicted molar refractivity (Wildman–Crippen MR) is 85.3 cm³/mol. The normalized spacial score (nSPS) is 13.2. The van der Waals surface area contributed by atoms with E-state index in [1.165, 1.54) is 11.2 Å². The van der Waals surface area contributed by atoms with Crippen LogP contribution in [0.1, 0.15) is 46.4 Å². The first-order valence-electron chi connectivity index (χ1n) is 7.77. The fraction of sp³-hybridized carbons (Fsp3) is 0.312. The number of fused-ring (bicyclic) bond motifs is 1. The molecule has 8 nitrogen and oxygen atoms in total. The second kappa shape index (κ2) is 7.03. The highest BCUT2D eigenvalue weighted by Crippen LogP contribution is 2.22. The van der Waals surface area contributed by atoms with Crippen molar-refractivity contribution in [1.82, 2.24) is 20.1 Å². The topological polar surface area (TPSA) is 108 Å². The van der Waals surface area contributed by atoms with Gasteiger partial charge in [-0.1, -0.05) is 18.6 Å². The summed E-state index contributed by atoms with van der Waals surface area (Å²) in [4.78, 5) is 41.1. The Labute approximate surface area is 138 Å². The lowest BCUT2D eigenvalue weighted by atomic mass is 10.1. The molecule has 1 aliphatic rings. The molecular weight excluding hydrogens is 310 g/mol. The van der Waals surface area contributed by atoms with Crippen molar-refractivity contribution >= 4 is 23.7 Å². The molecular formula is C16H17N5O3. The Morgan fingerprint density at radius 2 is 1.79 bits per heavy atom. The molecule has 2 aromatic rings. The highest BCUT2D eigenvalue weighted by Gasteiger charge is 2.34. The monoisotopic (exact) mass is 327 g/mol. The standard InChI is InChI=1S/C16H17N5O3/c22-13(19-16-17-10-18-20-16)8-2-1-5-9-21-14(23)11-6-3-4-7-12(11)15(21)24/h3-4,6-7,10H,1-2,5,8-9H2,(H2,17,18,19,20,22). The first-order chi connectivity index (χ1) is 11.7. The number of imide groups is 1. The minimum Gasteiger partial charge on any atom is -0.295 e. The fourth-order valence-corrected chi connectivity index (χ4v) is 2.63. The molecule has 124 valence electrons. The molecule has 1 aromatic carbocycles. The van der Waals surface area contributed by atoms with Gasteiger partial charge in [-0.3, -0.25) is 24.6 Å². The van der Waals surface area contributed by atoms with E-state index in [9.17, 15) is 14.4 Å². The quantitative estimate of drug-likeness (QED) is 0.593. The van der Waals surface area contributed by atoms with E-state index < -0.39 is 0 Å². The molecule has 0 saturated carbocycles. The van der Waals surface area contributed by atoms with Crippen molar-refractivity contribution in [2.24, 2.45) is 0 Å². The van der Waals surface area contributed by atoms with Crippen molar-refractivity contribution in [2.45, 2.75) is 25.7 Å². The zero-order valence-corrected chi connectivity index (χ0v) is 13.0. The highest BCUT2D eigenvalue weighted by atomic mass is 16.2. The van der Waals surface area contributed by atoms with E-state index in [-0.39, 0.29) is 17.7 Å². The zero-order valence-electron chi connectivity index (χ0n) is 13.0. The maximum absolute atomic E-state index is 12.2. The molecule has 0 radical (unpaired) electrons. The molecule has 0 fully saturated rings. The summed E-state index contributed by atoms with van der Waals surface area (Å²) in [6.07, 6.45) is 3.75. The third-order valence-corrected chi connectivity index (χ3v) is 3.84. The number of aromatic amines is 1. The summed E-state index contributed by atoms with van der Waals surface area (Å²) in [6, 6.07) is 6.84. The van der Waals surface area contributed by atoms with Crippen LogP contribution in [0.25, 0.3) is 0 Å². The Hall–Kier alpha value is -3.03. The molecule has 8 heteroatoms. The minimum absolute atomic E-state index is 0.146. The second-order valence-corrected chi connectivity index (χ2v) is 5.50. The first kappa shape index (κ1) is 15.9. The number of aromatic nitrogens is 3. The number of H-pyrrole nitrogens is 1. The van der Waals surface area contributed by atoms with Crippen molar-refractivity contribution in [3.8, 4) is 0 Å². The molecule has 0 bridgehead atoms. The first-order valence-corrected chi connectivity index (χ1v) is 7.77. The SMILES string of the molecule is O=C(CCCCCN1C(=O)c2ccccc2C1=O)Nc1ncn[nH]1. The number of nitrogens with one attached hydrogen (secondary N) is 2. The molecule has 0 saturated heterocycles. The van der Waals surface area contributed by atoms with Crippen LogP contribution in [0.5, 0.6) is 0 Å². The van der Waals surface area contributed by atoms with E-state index in [0.717, 1.165) is 6.42 Å². The van der Waals surface area contributed by atoms with E-state index in [4.69, 9.17) is 0 Å². The van der Waals surface area contributed by atoms with Crippen molar-refractivity contribution in [3.63, 3.8) is 0 Å². The third kappa shape index (κ3) is 3.32. The smallest absolute Gasteiger partial charge is 0.261 e. The van der Waals surface area contributed by atoms with Crippen LogP contribution in [0, 0.1) is 0 Å². The summed E-state index contributed by atoms with van der Waals surface area (Å²) < 4.78 is 0. The Kier molecular flexibility index (Phi) is 4.64. The van der Waals surface area contributed by atoms with E-state index in [1.54, 1.807) is 24.3 Å². The largest absolute Gasteiger partial charge is 0.295 e. The van der Waals surface area contributed by atoms with Gasteiger partial charge in [0, 0.05) is 13.0 Å². The van der Waals surface area contributed by atoms with Crippen LogP contribution in [-0.2, 0) is 4.79 Å². The maximum Gasteiger partial charge on any atom is 0.261 e. The Morgan fingerprint density at radius 3 is 2.42 bits per heavy atom. The van der Waals surface area contributed by atoms with Gasteiger partial charge in [0.2, 0.25) is 11.9 Å². The van der Waals surface area contributed by atoms with Crippen LogP contribution < -0.4 is 5.32 Å². The molecule has 24 heavy (non-hydrogen) atoms. The van der Waals surface area contributed by atoms with Crippen LogP contribution in [0.3, 0.4) is 0 Å². The lowest BCUT2D eigenvalue weighted by Crippen LogP contribution is -2.30. The molecule has 0 aliphatic carbocycles. The summed E-state index contributed by atoms with van der Waals surface area (Å²) in [5, 5.41) is 8.78. The number of rotatable bonds is 7. The molecule has 1 aromatic heterocycles. The van der Waals surface area contributed by atoms with Gasteiger partial charge in [-0.15, -0.1) is 0 Å². The molecule has 2 heterocycles. The van der Waals surface area contributed by atoms with Gasteiger partial charge in [0.1, 0.15) is 6.33 Å². The second-order valence-electron chi connectivity index (χ2n) is 5.50. The van der Waals surface area contributed by atoms with Crippen molar-refractivity contribution in [3.05, 3.63) is 41.7 Å². The number of hydrogen-bond donors (Lipinski definition) is 2. The van der Waals surface area contributed by atoms with Crippen LogP contribution in [0.2, 0.25) is 0 Å². The fourth-order valence-electron chi connectivity index (χ4n) is 2.63. The molecule has 0 spiro atoms. The number of unbranched alkanes of at least 4 members (excludes halogenated alkanes) is 2. The Morgan fingerprint density at radius 1 is 1.08 bits per heavy atom. The van der Waals surface area contributed by atoms with Gasteiger partial charge in [0.25, 0.3) is 11.8 Å². The zero-order chi connectivity index (χ0) is 16.9. The Bertz CT molecular complexity index is 722. The number of benzene rings is 1. The van der Waals surface area contributed by atoms with Crippen LogP contribution in [0.4, 0.5) is 5.95 Å². The van der Waals surface area contributed by atoms with Gasteiger partial charge in [0.15, 0.2) is 0 Å². The third-order valence-electron chi connectivity index (χ3n) is 3.84.